The first-order valence-corrected chi connectivity index (χ1v) is 5.14. The van der Waals surface area contributed by atoms with Crippen LogP contribution in [-0.4, -0.2) is 36.0 Å². The van der Waals surface area contributed by atoms with Gasteiger partial charge in [-0.05, 0) is 6.92 Å². The van der Waals surface area contributed by atoms with Gasteiger partial charge in [0, 0.05) is 0 Å². The fourth-order valence-corrected chi connectivity index (χ4v) is 1.57. The van der Waals surface area contributed by atoms with Crippen LogP contribution in [0, 0.1) is 10.1 Å². The molecule has 1 atom stereocenters. The van der Waals surface area contributed by atoms with Gasteiger partial charge in [-0.3, -0.25) is 14.8 Å². The highest BCUT2D eigenvalue weighted by atomic mass is 16.6. The Morgan fingerprint density at radius 1 is 1.56 bits per heavy atom. The van der Waals surface area contributed by atoms with Crippen LogP contribution in [-0.2, 0) is 11.3 Å². The Bertz CT molecular complexity index is 574. The second-order valence-corrected chi connectivity index (χ2v) is 3.62. The zero-order valence-electron chi connectivity index (χ0n) is 9.50. The third kappa shape index (κ3) is 2.10. The van der Waals surface area contributed by atoms with Crippen LogP contribution in [0.5, 0.6) is 0 Å². The maximum atomic E-state index is 10.6. The molecule has 0 aliphatic carbocycles. The third-order valence-electron chi connectivity index (χ3n) is 2.52. The van der Waals surface area contributed by atoms with Gasteiger partial charge in [0.1, 0.15) is 18.7 Å². The molecule has 2 aromatic heterocycles. The van der Waals surface area contributed by atoms with Gasteiger partial charge in [-0.25, -0.2) is 4.68 Å². The number of aldehydes is 1. The number of nitrogens with zero attached hydrogens (tertiary/aromatic N) is 6. The first-order chi connectivity index (χ1) is 8.63. The van der Waals surface area contributed by atoms with Crippen molar-refractivity contribution in [3.63, 3.8) is 0 Å². The maximum Gasteiger partial charge on any atom is 0.307 e. The lowest BCUT2D eigenvalue weighted by molar-refractivity contribution is -0.385. The van der Waals surface area contributed by atoms with Crippen molar-refractivity contribution in [3.8, 4) is 0 Å². The lowest BCUT2D eigenvalue weighted by Gasteiger charge is -2.11. The normalized spacial score (nSPS) is 12.3. The van der Waals surface area contributed by atoms with Crippen molar-refractivity contribution in [2.45, 2.75) is 19.5 Å². The van der Waals surface area contributed by atoms with Gasteiger partial charge in [0.25, 0.3) is 0 Å². The summed E-state index contributed by atoms with van der Waals surface area (Å²) in [4.78, 5) is 20.5. The fraction of sp³-hybridized carbons (Fsp3) is 0.333. The zero-order chi connectivity index (χ0) is 13.1. The minimum absolute atomic E-state index is 0.0863. The van der Waals surface area contributed by atoms with E-state index in [9.17, 15) is 14.9 Å². The van der Waals surface area contributed by atoms with Crippen LogP contribution in [0.25, 0.3) is 0 Å². The number of nitro groups is 1. The van der Waals surface area contributed by atoms with Crippen molar-refractivity contribution in [3.05, 3.63) is 34.4 Å². The molecular formula is C9H10N6O3. The van der Waals surface area contributed by atoms with Gasteiger partial charge >= 0.3 is 5.69 Å². The van der Waals surface area contributed by atoms with Gasteiger partial charge in [-0.15, -0.1) is 5.10 Å². The Hall–Kier alpha value is -2.58. The van der Waals surface area contributed by atoms with Crippen molar-refractivity contribution in [2.75, 3.05) is 0 Å². The largest absolute Gasteiger partial charge is 0.307 e. The third-order valence-corrected chi connectivity index (χ3v) is 2.52. The quantitative estimate of drug-likeness (QED) is 0.425. The molecule has 0 aromatic carbocycles. The van der Waals surface area contributed by atoms with E-state index < -0.39 is 4.92 Å². The fourth-order valence-electron chi connectivity index (χ4n) is 1.57. The summed E-state index contributed by atoms with van der Waals surface area (Å²) in [6, 6.07) is -0.298. The molecule has 0 bridgehead atoms. The van der Waals surface area contributed by atoms with Gasteiger partial charge in [-0.2, -0.15) is 5.10 Å². The minimum atomic E-state index is -0.517. The number of carbonyl (C=O) groups is 1. The predicted molar refractivity (Wildman–Crippen MR) is 58.8 cm³/mol. The van der Waals surface area contributed by atoms with Crippen LogP contribution in [0.1, 0.15) is 18.7 Å². The summed E-state index contributed by atoms with van der Waals surface area (Å²) in [5.74, 6) is 0. The van der Waals surface area contributed by atoms with E-state index in [2.05, 4.69) is 15.4 Å². The molecule has 9 heteroatoms. The van der Waals surface area contributed by atoms with Crippen LogP contribution in [0.4, 0.5) is 5.69 Å². The van der Waals surface area contributed by atoms with E-state index in [-0.39, 0.29) is 18.3 Å². The van der Waals surface area contributed by atoms with Crippen LogP contribution in [0.15, 0.2) is 18.6 Å². The lowest BCUT2D eigenvalue weighted by atomic mass is 10.2. The van der Waals surface area contributed by atoms with Gasteiger partial charge in [0.05, 0.1) is 29.4 Å². The summed E-state index contributed by atoms with van der Waals surface area (Å²) in [5.41, 5.74) is 0.566. The van der Waals surface area contributed by atoms with E-state index in [1.165, 1.54) is 28.0 Å². The Labute approximate surface area is 101 Å². The molecular weight excluding hydrogens is 240 g/mol. The second-order valence-electron chi connectivity index (χ2n) is 3.62. The molecule has 94 valence electrons. The summed E-state index contributed by atoms with van der Waals surface area (Å²) in [6.07, 6.45) is 4.70. The first-order valence-electron chi connectivity index (χ1n) is 5.14. The Kier molecular flexibility index (Phi) is 3.13. The summed E-state index contributed by atoms with van der Waals surface area (Å²) >= 11 is 0. The van der Waals surface area contributed by atoms with Gasteiger partial charge < -0.3 is 4.79 Å². The van der Waals surface area contributed by atoms with E-state index in [0.717, 1.165) is 0 Å². The van der Waals surface area contributed by atoms with E-state index in [1.807, 2.05) is 0 Å². The molecule has 0 saturated heterocycles. The summed E-state index contributed by atoms with van der Waals surface area (Å²) in [5, 5.41) is 21.9. The molecule has 0 spiro atoms. The van der Waals surface area contributed by atoms with Crippen LogP contribution in [0.3, 0.4) is 0 Å². The van der Waals surface area contributed by atoms with E-state index in [4.69, 9.17) is 0 Å². The zero-order valence-corrected chi connectivity index (χ0v) is 9.50. The Morgan fingerprint density at radius 2 is 2.33 bits per heavy atom. The first kappa shape index (κ1) is 11.9. The number of hydrogen-bond donors (Lipinski definition) is 0. The molecule has 2 aromatic rings. The van der Waals surface area contributed by atoms with Crippen LogP contribution in [0.2, 0.25) is 0 Å². The smallest absolute Gasteiger partial charge is 0.301 e. The van der Waals surface area contributed by atoms with Gasteiger partial charge in [0.2, 0.25) is 0 Å². The van der Waals surface area contributed by atoms with Crippen LogP contribution >= 0.6 is 0 Å². The topological polar surface area (TPSA) is 109 Å². The Morgan fingerprint density at radius 3 is 2.94 bits per heavy atom. The molecule has 0 radical (unpaired) electrons. The predicted octanol–water partition coefficient (Wildman–Crippen LogP) is 0.191. The van der Waals surface area contributed by atoms with E-state index in [1.54, 1.807) is 6.92 Å². The molecule has 0 aliphatic heterocycles. The summed E-state index contributed by atoms with van der Waals surface area (Å²) < 4.78 is 2.85. The summed E-state index contributed by atoms with van der Waals surface area (Å²) in [7, 11) is 0. The molecule has 18 heavy (non-hydrogen) atoms. The van der Waals surface area contributed by atoms with Crippen molar-refractivity contribution >= 4 is 12.0 Å². The number of rotatable bonds is 5. The van der Waals surface area contributed by atoms with Crippen molar-refractivity contribution < 1.29 is 9.72 Å². The number of hydrogen-bond acceptors (Lipinski definition) is 6. The van der Waals surface area contributed by atoms with Crippen molar-refractivity contribution in [1.29, 1.82) is 0 Å². The Balaban J connectivity index is 2.29. The molecule has 1 unspecified atom stereocenters. The molecule has 0 N–H and O–H groups in total. The maximum absolute atomic E-state index is 10.6. The average Bonchev–Trinajstić information content (AvgIpc) is 2.97. The standard InChI is InChI=1S/C9H10N6O3/c1-7(9-5-10-12-13(9)2-3-16)14-6-8(4-11-14)15(17)18/h3-7H,2H2,1H3. The molecule has 0 aliphatic rings. The molecule has 0 amide bonds. The summed E-state index contributed by atoms with van der Waals surface area (Å²) in [6.45, 7) is 1.87. The van der Waals surface area contributed by atoms with E-state index in [0.29, 0.717) is 12.0 Å². The monoisotopic (exact) mass is 250 g/mol. The van der Waals surface area contributed by atoms with Crippen LogP contribution < -0.4 is 0 Å². The molecule has 0 fully saturated rings. The van der Waals surface area contributed by atoms with Gasteiger partial charge in [0.15, 0.2) is 0 Å². The molecule has 2 rings (SSSR count). The van der Waals surface area contributed by atoms with Crippen molar-refractivity contribution in [2.24, 2.45) is 0 Å². The van der Waals surface area contributed by atoms with Gasteiger partial charge in [-0.1, -0.05) is 5.21 Å². The average molecular weight is 250 g/mol. The van der Waals surface area contributed by atoms with Crippen molar-refractivity contribution in [1.82, 2.24) is 24.8 Å². The molecule has 9 nitrogen and oxygen atoms in total. The lowest BCUT2D eigenvalue weighted by Crippen LogP contribution is -2.14. The molecule has 0 saturated carbocycles. The highest BCUT2D eigenvalue weighted by Crippen LogP contribution is 2.18. The highest BCUT2D eigenvalue weighted by Gasteiger charge is 2.18. The molecule has 2 heterocycles. The SMILES string of the molecule is CC(c1cnnn1CC=O)n1cc([N+](=O)[O-])cn1. The second kappa shape index (κ2) is 4.73. The number of aromatic nitrogens is 5. The van der Waals surface area contributed by atoms with E-state index >= 15 is 0 Å². The number of carbonyl (C=O) groups excluding carboxylic acids is 1. The minimum Gasteiger partial charge on any atom is -0.301 e. The highest BCUT2D eigenvalue weighted by molar-refractivity contribution is 5.49.